The molecule has 0 unspecified atom stereocenters. The van der Waals surface area contributed by atoms with Crippen LogP contribution in [0.5, 0.6) is 0 Å². The Labute approximate surface area is 473 Å². The molecule has 0 atom stereocenters. The number of thioether (sulfide) groups is 1. The van der Waals surface area contributed by atoms with E-state index in [2.05, 4.69) is 283 Å². The number of fused-ring (bicyclic) bond motifs is 4. The van der Waals surface area contributed by atoms with Gasteiger partial charge >= 0.3 is 0 Å². The van der Waals surface area contributed by atoms with Crippen molar-refractivity contribution in [2.75, 3.05) is 21.4 Å². The van der Waals surface area contributed by atoms with Crippen LogP contribution in [-0.4, -0.2) is 13.5 Å². The normalized spacial score (nSPS) is 13.6. The first-order valence-electron chi connectivity index (χ1n) is 27.3. The fraction of sp³-hybridized carbons (Fsp3) is 0.0685. The number of nitrogens with zero attached hydrogens (tertiary/aromatic N) is 2. The highest BCUT2D eigenvalue weighted by Gasteiger charge is 2.30. The van der Waals surface area contributed by atoms with E-state index >= 15 is 0 Å². The van der Waals surface area contributed by atoms with Crippen molar-refractivity contribution in [2.24, 2.45) is 0 Å². The molecule has 2 heterocycles. The number of aryl methyl sites for hydroxylation is 1. The molecular formula is C73H58BN3S2. The van der Waals surface area contributed by atoms with Crippen molar-refractivity contribution in [1.29, 1.82) is 0 Å². The van der Waals surface area contributed by atoms with E-state index < -0.39 is 0 Å². The van der Waals surface area contributed by atoms with Crippen LogP contribution in [-0.2, 0) is 6.42 Å². The SMILES string of the molecule is C=C1Bc2ccc(N(c3ccc(C4=CCCC=C4)cc3)c3ccc(-c4ccccc4)cc3)cc2N(c2ccc(SC)cc2-c2ccccc2)/C1=C/c1ccccc1Cc1c(Nc2ccc(C)cc2)ccc2sc3ccccc3c12. The summed E-state index contributed by atoms with van der Waals surface area (Å²) in [6.45, 7) is 7.08. The molecule has 380 valence electrons. The molecule has 1 aromatic heterocycles. The zero-order valence-corrected chi connectivity index (χ0v) is 46.1. The first kappa shape index (κ1) is 49.7. The Hall–Kier alpha value is -8.81. The second-order valence-corrected chi connectivity index (χ2v) is 22.5. The molecule has 1 aliphatic heterocycles. The summed E-state index contributed by atoms with van der Waals surface area (Å²) in [5.41, 5.74) is 23.1. The highest BCUT2D eigenvalue weighted by molar-refractivity contribution is 7.98. The van der Waals surface area contributed by atoms with Crippen molar-refractivity contribution in [3.8, 4) is 22.3 Å². The molecule has 13 rings (SSSR count). The second-order valence-electron chi connectivity index (χ2n) is 20.6. The summed E-state index contributed by atoms with van der Waals surface area (Å²) in [5, 5.41) is 6.47. The van der Waals surface area contributed by atoms with Crippen LogP contribution in [0.25, 0.3) is 54.1 Å². The lowest BCUT2D eigenvalue weighted by atomic mass is 9.59. The third kappa shape index (κ3) is 10.1. The van der Waals surface area contributed by atoms with Crippen molar-refractivity contribution in [3.63, 3.8) is 0 Å². The van der Waals surface area contributed by atoms with E-state index in [0.717, 1.165) is 86.9 Å². The second kappa shape index (κ2) is 21.9. The zero-order chi connectivity index (χ0) is 53.2. The smallest absolute Gasteiger partial charge is 0.196 e. The molecule has 0 bridgehead atoms. The average Bonchev–Trinajstić information content (AvgIpc) is 4.13. The Balaban J connectivity index is 0.983. The maximum Gasteiger partial charge on any atom is 0.196 e. The third-order valence-corrected chi connectivity index (χ3v) is 17.3. The summed E-state index contributed by atoms with van der Waals surface area (Å²) in [5.74, 6) is 0. The minimum absolute atomic E-state index is 0.706. The molecule has 0 radical (unpaired) electrons. The summed E-state index contributed by atoms with van der Waals surface area (Å²) < 4.78 is 2.59. The van der Waals surface area contributed by atoms with E-state index in [0.29, 0.717) is 7.28 Å². The average molecular weight is 1050 g/mol. The van der Waals surface area contributed by atoms with Crippen LogP contribution >= 0.6 is 23.1 Å². The van der Waals surface area contributed by atoms with Gasteiger partial charge in [0.25, 0.3) is 0 Å². The summed E-state index contributed by atoms with van der Waals surface area (Å²) in [7, 11) is 0.706. The van der Waals surface area contributed by atoms with Gasteiger partial charge < -0.3 is 15.1 Å². The van der Waals surface area contributed by atoms with Crippen molar-refractivity contribution in [2.45, 2.75) is 31.1 Å². The van der Waals surface area contributed by atoms with E-state index in [9.17, 15) is 0 Å². The van der Waals surface area contributed by atoms with Gasteiger partial charge in [0.15, 0.2) is 7.28 Å². The predicted molar refractivity (Wildman–Crippen MR) is 346 cm³/mol. The fourth-order valence-electron chi connectivity index (χ4n) is 11.4. The predicted octanol–water partition coefficient (Wildman–Crippen LogP) is 19.7. The van der Waals surface area contributed by atoms with Crippen molar-refractivity contribution in [1.82, 2.24) is 0 Å². The Morgan fingerprint density at radius 3 is 2.05 bits per heavy atom. The van der Waals surface area contributed by atoms with Crippen LogP contribution < -0.4 is 20.6 Å². The highest BCUT2D eigenvalue weighted by atomic mass is 32.2. The molecule has 3 nitrogen and oxygen atoms in total. The summed E-state index contributed by atoms with van der Waals surface area (Å²) in [6.07, 6.45) is 14.3. The molecule has 0 fully saturated rings. The topological polar surface area (TPSA) is 18.5 Å². The summed E-state index contributed by atoms with van der Waals surface area (Å²) >= 11 is 3.64. The van der Waals surface area contributed by atoms with Crippen molar-refractivity contribution in [3.05, 3.63) is 294 Å². The van der Waals surface area contributed by atoms with Crippen molar-refractivity contribution < 1.29 is 0 Å². The Morgan fingerprint density at radius 2 is 1.30 bits per heavy atom. The molecule has 0 spiro atoms. The Morgan fingerprint density at radius 1 is 0.620 bits per heavy atom. The largest absolute Gasteiger partial charge is 0.355 e. The number of allylic oxidation sites excluding steroid dienone is 5. The molecule has 11 aromatic rings. The van der Waals surface area contributed by atoms with Gasteiger partial charge in [-0.05, 0) is 162 Å². The Kier molecular flexibility index (Phi) is 13.8. The molecule has 0 amide bonds. The van der Waals surface area contributed by atoms with Gasteiger partial charge in [-0.25, -0.2) is 0 Å². The number of hydrogen-bond acceptors (Lipinski definition) is 5. The number of benzene rings is 10. The fourth-order valence-corrected chi connectivity index (χ4v) is 13.0. The molecule has 0 saturated heterocycles. The van der Waals surface area contributed by atoms with Gasteiger partial charge in [-0.15, -0.1) is 29.7 Å². The molecule has 1 aliphatic carbocycles. The molecule has 79 heavy (non-hydrogen) atoms. The molecule has 0 saturated carbocycles. The van der Waals surface area contributed by atoms with Crippen LogP contribution in [0, 0.1) is 6.92 Å². The quantitative estimate of drug-likeness (QED) is 0.0916. The lowest BCUT2D eigenvalue weighted by Crippen LogP contribution is -2.36. The third-order valence-electron chi connectivity index (χ3n) is 15.5. The van der Waals surface area contributed by atoms with Gasteiger partial charge in [0.05, 0.1) is 5.69 Å². The lowest BCUT2D eigenvalue weighted by molar-refractivity contribution is 1.04. The number of hydrogen-bond donors (Lipinski definition) is 1. The molecule has 6 heteroatoms. The number of rotatable bonds is 13. The monoisotopic (exact) mass is 1050 g/mol. The molecule has 10 aromatic carbocycles. The van der Waals surface area contributed by atoms with Gasteiger partial charge in [-0.1, -0.05) is 180 Å². The highest BCUT2D eigenvalue weighted by Crippen LogP contribution is 2.47. The maximum atomic E-state index is 4.94. The lowest BCUT2D eigenvalue weighted by Gasteiger charge is -2.38. The van der Waals surface area contributed by atoms with E-state index in [1.165, 1.54) is 69.5 Å². The van der Waals surface area contributed by atoms with Gasteiger partial charge in [0, 0.05) is 76.9 Å². The van der Waals surface area contributed by atoms with E-state index in [-0.39, 0.29) is 0 Å². The minimum Gasteiger partial charge on any atom is -0.355 e. The minimum atomic E-state index is 0.706. The number of nitrogens with one attached hydrogen (secondary N) is 1. The number of thiophene rings is 1. The maximum absolute atomic E-state index is 4.94. The van der Waals surface area contributed by atoms with Crippen LogP contribution in [0.3, 0.4) is 0 Å². The van der Waals surface area contributed by atoms with E-state index in [1.54, 1.807) is 11.8 Å². The summed E-state index contributed by atoms with van der Waals surface area (Å²) in [4.78, 5) is 6.13. The van der Waals surface area contributed by atoms with Gasteiger partial charge in [0.2, 0.25) is 0 Å². The summed E-state index contributed by atoms with van der Waals surface area (Å²) in [6, 6.07) is 84.7. The first-order chi connectivity index (χ1) is 38.9. The van der Waals surface area contributed by atoms with Crippen LogP contribution in [0.4, 0.5) is 39.8 Å². The number of anilines is 7. The van der Waals surface area contributed by atoms with E-state index in [4.69, 9.17) is 6.58 Å². The zero-order valence-electron chi connectivity index (χ0n) is 44.5. The molecular weight excluding hydrogens is 994 g/mol. The standard InChI is InChI=1S/C73H58BN3S2/c1-49-27-33-58(34-28-49)75-67-42-44-72-73(63-25-15-16-26-71(63)79-72)65(67)45-56-23-13-14-24-57(56)46-69-50(2)74-66-41-39-61(47-70(66)77(69)68-43-40-62(78-3)48-64(68)55-21-11-6-12-22-55)76(59-35-29-53(30-36-59)51-17-7-4-8-18-51)60-37-31-54(32-38-60)52-19-9-5-10-20-52/h4,6-9,11-44,46-48,74-75H,2,5,10,45H2,1,3H3/b69-46+. The van der Waals surface area contributed by atoms with Crippen LogP contribution in [0.2, 0.25) is 0 Å². The van der Waals surface area contributed by atoms with Crippen molar-refractivity contribution >= 4 is 107 Å². The van der Waals surface area contributed by atoms with Gasteiger partial charge in [0.1, 0.15) is 0 Å². The first-order valence-corrected chi connectivity index (χ1v) is 29.3. The van der Waals surface area contributed by atoms with E-state index in [1.807, 2.05) is 11.3 Å². The molecule has 2 aliphatic rings. The van der Waals surface area contributed by atoms with Crippen LogP contribution in [0.1, 0.15) is 40.7 Å². The van der Waals surface area contributed by atoms with Gasteiger partial charge in [-0.3, -0.25) is 0 Å². The Bertz CT molecular complexity index is 4160. The van der Waals surface area contributed by atoms with Crippen LogP contribution in [0.15, 0.2) is 271 Å². The van der Waals surface area contributed by atoms with Gasteiger partial charge in [-0.2, -0.15) is 0 Å². The molecule has 1 N–H and O–H groups in total.